The molecular formula is C34H36FN5O5. The number of nitrogens with one attached hydrogen (secondary N) is 1. The fraction of sp³-hybridized carbons (Fsp3) is 0.324. The minimum Gasteiger partial charge on any atom is -0.497 e. The van der Waals surface area contributed by atoms with Crippen LogP contribution in [0.3, 0.4) is 0 Å². The van der Waals surface area contributed by atoms with E-state index in [4.69, 9.17) is 24.2 Å². The third-order valence-corrected chi connectivity index (χ3v) is 8.41. The Bertz CT molecular complexity index is 1730. The highest BCUT2D eigenvalue weighted by molar-refractivity contribution is 5.78. The summed E-state index contributed by atoms with van der Waals surface area (Å²) in [6.07, 6.45) is -1.93. The van der Waals surface area contributed by atoms with E-state index in [0.717, 1.165) is 16.7 Å². The molecule has 0 aliphatic carbocycles. The number of alkyl halides is 1. The maximum Gasteiger partial charge on any atom is 0.247 e. The zero-order valence-corrected chi connectivity index (χ0v) is 25.5. The van der Waals surface area contributed by atoms with E-state index in [0.29, 0.717) is 17.9 Å². The van der Waals surface area contributed by atoms with Gasteiger partial charge in [-0.1, -0.05) is 79.7 Å². The van der Waals surface area contributed by atoms with Gasteiger partial charge >= 0.3 is 0 Å². The van der Waals surface area contributed by atoms with E-state index >= 15 is 4.39 Å². The molecule has 1 aliphatic heterocycles. The lowest BCUT2D eigenvalue weighted by molar-refractivity contribution is -0.187. The van der Waals surface area contributed by atoms with E-state index in [1.54, 1.807) is 7.11 Å². The number of aromatic nitrogens is 4. The largest absolute Gasteiger partial charge is 0.497 e. The molecule has 5 aromatic rings. The van der Waals surface area contributed by atoms with E-state index in [9.17, 15) is 10.2 Å². The van der Waals surface area contributed by atoms with Crippen LogP contribution in [0.15, 0.2) is 91.3 Å². The molecule has 1 fully saturated rings. The molecule has 45 heavy (non-hydrogen) atoms. The minimum absolute atomic E-state index is 0.169. The van der Waals surface area contributed by atoms with Crippen LogP contribution in [0.5, 0.6) is 11.6 Å². The van der Waals surface area contributed by atoms with Gasteiger partial charge in [0.25, 0.3) is 0 Å². The van der Waals surface area contributed by atoms with Crippen molar-refractivity contribution in [3.8, 4) is 11.6 Å². The highest BCUT2D eigenvalue weighted by atomic mass is 19.2. The Labute approximate surface area is 260 Å². The summed E-state index contributed by atoms with van der Waals surface area (Å²) >= 11 is 0. The molecular weight excluding hydrogens is 577 g/mol. The number of benzene rings is 3. The summed E-state index contributed by atoms with van der Waals surface area (Å²) in [6.45, 7) is 4.98. The van der Waals surface area contributed by atoms with E-state index in [-0.39, 0.29) is 23.9 Å². The number of hydrogen-bond donors (Lipinski definition) is 3. The first-order valence-corrected chi connectivity index (χ1v) is 14.9. The van der Waals surface area contributed by atoms with Crippen LogP contribution in [0.4, 0.5) is 10.3 Å². The monoisotopic (exact) mass is 613 g/mol. The Morgan fingerprint density at radius 3 is 2.09 bits per heavy atom. The number of imidazole rings is 1. The summed E-state index contributed by atoms with van der Waals surface area (Å²) in [7, 11) is 1.62. The van der Waals surface area contributed by atoms with Crippen molar-refractivity contribution in [3.05, 3.63) is 108 Å². The first kappa shape index (κ1) is 30.4. The van der Waals surface area contributed by atoms with Gasteiger partial charge in [-0.15, -0.1) is 0 Å². The second-order valence-corrected chi connectivity index (χ2v) is 11.2. The molecule has 3 heterocycles. The number of aliphatic hydroxyl groups excluding tert-OH is 1. The molecule has 0 saturated carbocycles. The van der Waals surface area contributed by atoms with E-state index in [1.165, 1.54) is 24.7 Å². The van der Waals surface area contributed by atoms with Gasteiger partial charge in [-0.3, -0.25) is 4.57 Å². The van der Waals surface area contributed by atoms with Crippen LogP contribution in [0, 0.1) is 0 Å². The molecule has 0 bridgehead atoms. The molecule has 11 heteroatoms. The lowest BCUT2D eigenvalue weighted by Gasteiger charge is -2.37. The molecule has 3 aromatic carbocycles. The van der Waals surface area contributed by atoms with Gasteiger partial charge in [0.05, 0.1) is 20.0 Å². The molecule has 10 nitrogen and oxygen atoms in total. The second-order valence-electron chi connectivity index (χ2n) is 11.2. The fourth-order valence-electron chi connectivity index (χ4n) is 6.01. The molecule has 3 N–H and O–H groups in total. The molecule has 234 valence electrons. The number of hydrogen-bond acceptors (Lipinski definition) is 9. The summed E-state index contributed by atoms with van der Waals surface area (Å²) in [6, 6.07) is 27.6. The molecule has 6 rings (SSSR count). The van der Waals surface area contributed by atoms with Gasteiger partial charge < -0.3 is 29.7 Å². The van der Waals surface area contributed by atoms with Crippen molar-refractivity contribution in [2.24, 2.45) is 0 Å². The van der Waals surface area contributed by atoms with Gasteiger partial charge in [0.15, 0.2) is 17.4 Å². The van der Waals surface area contributed by atoms with Crippen LogP contribution in [-0.2, 0) is 10.3 Å². The first-order chi connectivity index (χ1) is 21.7. The number of methoxy groups -OCH3 is 1. The van der Waals surface area contributed by atoms with Crippen LogP contribution in [0.2, 0.25) is 0 Å². The molecule has 1 saturated heterocycles. The molecule has 0 unspecified atom stereocenters. The summed E-state index contributed by atoms with van der Waals surface area (Å²) in [4.78, 5) is 14.1. The van der Waals surface area contributed by atoms with Gasteiger partial charge in [0.2, 0.25) is 17.7 Å². The van der Waals surface area contributed by atoms with Gasteiger partial charge in [0.1, 0.15) is 23.0 Å². The normalized spacial score (nSPS) is 23.3. The second kappa shape index (κ2) is 11.7. The van der Waals surface area contributed by atoms with Crippen molar-refractivity contribution in [2.75, 3.05) is 19.0 Å². The summed E-state index contributed by atoms with van der Waals surface area (Å²) in [5.74, 6) is -1.40. The summed E-state index contributed by atoms with van der Waals surface area (Å²) in [5, 5.41) is 25.6. The van der Waals surface area contributed by atoms with E-state index < -0.39 is 29.3 Å². The van der Waals surface area contributed by atoms with Crippen LogP contribution in [-0.4, -0.2) is 61.0 Å². The van der Waals surface area contributed by atoms with Gasteiger partial charge in [-0.25, -0.2) is 9.37 Å². The highest BCUT2D eigenvalue weighted by Gasteiger charge is 2.62. The number of anilines is 1. The number of ether oxygens (including phenoxy) is 3. The Morgan fingerprint density at radius 2 is 1.56 bits per heavy atom. The molecule has 0 spiro atoms. The van der Waals surface area contributed by atoms with Crippen molar-refractivity contribution in [1.82, 2.24) is 19.5 Å². The van der Waals surface area contributed by atoms with Crippen LogP contribution < -0.4 is 14.8 Å². The molecule has 0 radical (unpaired) electrons. The van der Waals surface area contributed by atoms with Crippen LogP contribution in [0.25, 0.3) is 11.2 Å². The topological polar surface area (TPSA) is 124 Å². The predicted molar refractivity (Wildman–Crippen MR) is 167 cm³/mol. The van der Waals surface area contributed by atoms with Crippen molar-refractivity contribution >= 4 is 17.1 Å². The Balaban J connectivity index is 1.58. The zero-order chi connectivity index (χ0) is 31.8. The number of nitrogens with zero attached hydrogens (tertiary/aromatic N) is 4. The number of rotatable bonds is 10. The number of halogens is 1. The Morgan fingerprint density at radius 1 is 0.956 bits per heavy atom. The summed E-state index contributed by atoms with van der Waals surface area (Å²) in [5.41, 5.74) is 0.213. The fourth-order valence-corrected chi connectivity index (χ4v) is 6.01. The molecule has 1 aliphatic rings. The van der Waals surface area contributed by atoms with Gasteiger partial charge in [-0.05, 0) is 42.7 Å². The minimum atomic E-state index is -2.47. The number of aliphatic hydroxyl groups is 2. The van der Waals surface area contributed by atoms with Gasteiger partial charge in [0, 0.05) is 6.42 Å². The quantitative estimate of drug-likeness (QED) is 0.179. The molecule has 4 atom stereocenters. The van der Waals surface area contributed by atoms with Crippen molar-refractivity contribution in [3.63, 3.8) is 0 Å². The highest BCUT2D eigenvalue weighted by Crippen LogP contribution is 2.48. The predicted octanol–water partition coefficient (Wildman–Crippen LogP) is 5.35. The average Bonchev–Trinajstić information content (AvgIpc) is 3.57. The lowest BCUT2D eigenvalue weighted by Crippen LogP contribution is -2.47. The SMILES string of the molecule is CCOc1nc(NC(c2ccccc2)(c2ccccc2)c2ccc(OC)cc2)nc2c1ncn2[C@@H]1O[C@](F)(CC)[C@@H](O)[C@@]1(C)O. The van der Waals surface area contributed by atoms with Crippen molar-refractivity contribution in [1.29, 1.82) is 0 Å². The maximum absolute atomic E-state index is 15.5. The van der Waals surface area contributed by atoms with Crippen LogP contribution in [0.1, 0.15) is 50.1 Å². The lowest BCUT2D eigenvalue weighted by atomic mass is 9.77. The molecule has 0 amide bonds. The first-order valence-electron chi connectivity index (χ1n) is 14.9. The third-order valence-electron chi connectivity index (χ3n) is 8.41. The average molecular weight is 614 g/mol. The zero-order valence-electron chi connectivity index (χ0n) is 25.5. The number of fused-ring (bicyclic) bond motifs is 1. The van der Waals surface area contributed by atoms with Gasteiger partial charge in [-0.2, -0.15) is 9.97 Å². The maximum atomic E-state index is 15.5. The Kier molecular flexibility index (Phi) is 7.94. The summed E-state index contributed by atoms with van der Waals surface area (Å²) < 4.78 is 34.0. The Hall–Kier alpha value is -4.58. The van der Waals surface area contributed by atoms with E-state index in [2.05, 4.69) is 10.3 Å². The molecule has 2 aromatic heterocycles. The van der Waals surface area contributed by atoms with Crippen LogP contribution >= 0.6 is 0 Å². The van der Waals surface area contributed by atoms with Crippen molar-refractivity contribution < 1.29 is 28.8 Å². The smallest absolute Gasteiger partial charge is 0.247 e. The standard InChI is InChI=1S/C34H36FN5O5/c1-5-33(35)29(41)32(3,42)30(45-33)40-21-36-26-27(40)37-31(38-28(26)44-6-2)39-34(22-13-9-7-10-14-22,23-15-11-8-12-16-23)24-17-19-25(43-4)20-18-24/h7-21,29-30,41-42H,5-6H2,1-4H3,(H,37,38,39)/t29-,30+,32+,33+/m0/s1. The van der Waals surface area contributed by atoms with Crippen molar-refractivity contribution in [2.45, 2.75) is 56.5 Å². The third kappa shape index (κ3) is 5.06. The van der Waals surface area contributed by atoms with E-state index in [1.807, 2.05) is 91.9 Å².